The van der Waals surface area contributed by atoms with Crippen LogP contribution < -0.4 is 5.32 Å². The molecule has 7 heteroatoms. The molecule has 1 amide bonds. The third kappa shape index (κ3) is 3.02. The Morgan fingerprint density at radius 1 is 1.39 bits per heavy atom. The highest BCUT2D eigenvalue weighted by Gasteiger charge is 2.10. The smallest absolute Gasteiger partial charge is 0.258 e. The Labute approximate surface area is 115 Å². The molecular weight excluding hydrogens is 324 g/mol. The lowest BCUT2D eigenvalue weighted by Crippen LogP contribution is -2.14. The number of carbonyl (C=O) groups is 1. The first-order valence-corrected chi connectivity index (χ1v) is 5.98. The summed E-state index contributed by atoms with van der Waals surface area (Å²) in [6, 6.07) is 5.52. The van der Waals surface area contributed by atoms with Crippen molar-refractivity contribution < 1.29 is 9.18 Å². The fraction of sp³-hybridized carbons (Fsp3) is 0. The highest BCUT2D eigenvalue weighted by atomic mass is 79.9. The molecule has 0 saturated carbocycles. The van der Waals surface area contributed by atoms with E-state index in [0.717, 1.165) is 6.07 Å². The molecule has 92 valence electrons. The number of nitrogens with zero attached hydrogens (tertiary/aromatic N) is 2. The van der Waals surface area contributed by atoms with Gasteiger partial charge in [-0.15, -0.1) is 0 Å². The summed E-state index contributed by atoms with van der Waals surface area (Å²) >= 11 is 8.66. The number of carbonyl (C=O) groups excluding carboxylic acids is 1. The van der Waals surface area contributed by atoms with Crippen LogP contribution in [0, 0.1) is 5.82 Å². The summed E-state index contributed by atoms with van der Waals surface area (Å²) in [4.78, 5) is 19.4. The molecular formula is C11H6BrClFN3O. The predicted molar refractivity (Wildman–Crippen MR) is 69.1 cm³/mol. The maximum absolute atomic E-state index is 13.3. The van der Waals surface area contributed by atoms with E-state index in [1.807, 2.05) is 0 Å². The summed E-state index contributed by atoms with van der Waals surface area (Å²) in [5.41, 5.74) is 0.166. The number of hydrogen-bond acceptors (Lipinski definition) is 3. The van der Waals surface area contributed by atoms with E-state index in [9.17, 15) is 9.18 Å². The molecule has 1 heterocycles. The number of rotatable bonds is 2. The van der Waals surface area contributed by atoms with Gasteiger partial charge in [0.05, 0.1) is 4.47 Å². The Hall–Kier alpha value is -1.53. The monoisotopic (exact) mass is 329 g/mol. The van der Waals surface area contributed by atoms with Gasteiger partial charge in [-0.3, -0.25) is 10.1 Å². The van der Waals surface area contributed by atoms with Crippen molar-refractivity contribution in [3.63, 3.8) is 0 Å². The Bertz CT molecular complexity index is 609. The minimum atomic E-state index is -0.519. The Morgan fingerprint density at radius 3 is 2.83 bits per heavy atom. The number of benzene rings is 1. The van der Waals surface area contributed by atoms with Gasteiger partial charge in [-0.1, -0.05) is 11.6 Å². The maximum Gasteiger partial charge on any atom is 0.258 e. The van der Waals surface area contributed by atoms with Crippen LogP contribution in [-0.4, -0.2) is 15.9 Å². The SMILES string of the molecule is O=C(Nc1nccc(Cl)n1)c1ccc(Br)c(F)c1. The zero-order chi connectivity index (χ0) is 13.1. The van der Waals surface area contributed by atoms with Crippen LogP contribution >= 0.6 is 27.5 Å². The Morgan fingerprint density at radius 2 is 2.17 bits per heavy atom. The molecule has 0 fully saturated rings. The van der Waals surface area contributed by atoms with E-state index in [4.69, 9.17) is 11.6 Å². The van der Waals surface area contributed by atoms with Crippen molar-refractivity contribution >= 4 is 39.4 Å². The van der Waals surface area contributed by atoms with Gasteiger partial charge in [0.15, 0.2) is 0 Å². The van der Waals surface area contributed by atoms with Gasteiger partial charge < -0.3 is 0 Å². The van der Waals surface area contributed by atoms with E-state index in [-0.39, 0.29) is 21.1 Å². The number of hydrogen-bond donors (Lipinski definition) is 1. The van der Waals surface area contributed by atoms with Crippen molar-refractivity contribution in [2.75, 3.05) is 5.32 Å². The minimum Gasteiger partial charge on any atom is -0.290 e. The lowest BCUT2D eigenvalue weighted by Gasteiger charge is -2.04. The summed E-state index contributed by atoms with van der Waals surface area (Å²) in [6.45, 7) is 0. The fourth-order valence-corrected chi connectivity index (χ4v) is 1.59. The number of amides is 1. The van der Waals surface area contributed by atoms with Crippen LogP contribution in [0.15, 0.2) is 34.9 Å². The lowest BCUT2D eigenvalue weighted by molar-refractivity contribution is 0.102. The molecule has 0 aliphatic carbocycles. The summed E-state index contributed by atoms with van der Waals surface area (Å²) in [5.74, 6) is -0.964. The Kier molecular flexibility index (Phi) is 3.88. The molecule has 0 aliphatic rings. The number of halogens is 3. The average molecular weight is 331 g/mol. The molecule has 4 nitrogen and oxygen atoms in total. The summed E-state index contributed by atoms with van der Waals surface area (Å²) in [7, 11) is 0. The third-order valence-electron chi connectivity index (χ3n) is 2.03. The lowest BCUT2D eigenvalue weighted by atomic mass is 10.2. The zero-order valence-corrected chi connectivity index (χ0v) is 11.2. The molecule has 0 unspecified atom stereocenters. The van der Waals surface area contributed by atoms with E-state index < -0.39 is 11.7 Å². The van der Waals surface area contributed by atoms with Gasteiger partial charge in [0, 0.05) is 11.8 Å². The second-order valence-corrected chi connectivity index (χ2v) is 4.53. The minimum absolute atomic E-state index is 0.0656. The number of aromatic nitrogens is 2. The van der Waals surface area contributed by atoms with Crippen molar-refractivity contribution in [1.82, 2.24) is 9.97 Å². The summed E-state index contributed by atoms with van der Waals surface area (Å²) < 4.78 is 13.6. The van der Waals surface area contributed by atoms with Crippen molar-refractivity contribution in [3.8, 4) is 0 Å². The van der Waals surface area contributed by atoms with E-state index in [1.165, 1.54) is 24.4 Å². The molecule has 0 radical (unpaired) electrons. The largest absolute Gasteiger partial charge is 0.290 e. The first-order valence-electron chi connectivity index (χ1n) is 4.81. The van der Waals surface area contributed by atoms with E-state index in [2.05, 4.69) is 31.2 Å². The highest BCUT2D eigenvalue weighted by Crippen LogP contribution is 2.17. The maximum atomic E-state index is 13.3. The summed E-state index contributed by atoms with van der Waals surface area (Å²) in [5, 5.41) is 2.63. The average Bonchev–Trinajstić information content (AvgIpc) is 2.32. The first kappa shape index (κ1) is 12.9. The molecule has 2 rings (SSSR count). The predicted octanol–water partition coefficient (Wildman–Crippen LogP) is 3.28. The number of anilines is 1. The normalized spacial score (nSPS) is 10.2. The van der Waals surface area contributed by atoms with E-state index >= 15 is 0 Å². The van der Waals surface area contributed by atoms with Gasteiger partial charge in [0.25, 0.3) is 5.91 Å². The molecule has 0 saturated heterocycles. The zero-order valence-electron chi connectivity index (χ0n) is 8.82. The molecule has 1 aromatic carbocycles. The van der Waals surface area contributed by atoms with Crippen LogP contribution in [-0.2, 0) is 0 Å². The van der Waals surface area contributed by atoms with Crippen LogP contribution in [0.25, 0.3) is 0 Å². The molecule has 0 bridgehead atoms. The van der Waals surface area contributed by atoms with Crippen LogP contribution in [0.1, 0.15) is 10.4 Å². The van der Waals surface area contributed by atoms with E-state index in [1.54, 1.807) is 0 Å². The molecule has 0 spiro atoms. The van der Waals surface area contributed by atoms with Crippen LogP contribution in [0.4, 0.5) is 10.3 Å². The molecule has 1 N–H and O–H groups in total. The highest BCUT2D eigenvalue weighted by molar-refractivity contribution is 9.10. The Balaban J connectivity index is 2.19. The van der Waals surface area contributed by atoms with Gasteiger partial charge in [0.1, 0.15) is 11.0 Å². The van der Waals surface area contributed by atoms with Gasteiger partial charge in [-0.05, 0) is 40.2 Å². The van der Waals surface area contributed by atoms with Crippen molar-refractivity contribution in [2.24, 2.45) is 0 Å². The van der Waals surface area contributed by atoms with Crippen LogP contribution in [0.2, 0.25) is 5.15 Å². The number of nitrogens with one attached hydrogen (secondary N) is 1. The molecule has 2 aromatic rings. The van der Waals surface area contributed by atoms with Crippen molar-refractivity contribution in [3.05, 3.63) is 51.5 Å². The second kappa shape index (κ2) is 5.41. The van der Waals surface area contributed by atoms with Crippen molar-refractivity contribution in [2.45, 2.75) is 0 Å². The standard InChI is InChI=1S/C11H6BrClFN3O/c12-7-2-1-6(5-8(7)14)10(18)17-11-15-4-3-9(13)16-11/h1-5H,(H,15,16,17,18). The quantitative estimate of drug-likeness (QED) is 0.860. The summed E-state index contributed by atoms with van der Waals surface area (Å²) in [6.07, 6.45) is 1.41. The fourth-order valence-electron chi connectivity index (χ4n) is 1.21. The third-order valence-corrected chi connectivity index (χ3v) is 2.88. The molecule has 1 aromatic heterocycles. The molecule has 18 heavy (non-hydrogen) atoms. The molecule has 0 aliphatic heterocycles. The van der Waals surface area contributed by atoms with Crippen molar-refractivity contribution in [1.29, 1.82) is 0 Å². The van der Waals surface area contributed by atoms with Crippen LogP contribution in [0.5, 0.6) is 0 Å². The first-order chi connectivity index (χ1) is 8.56. The van der Waals surface area contributed by atoms with Gasteiger partial charge in [-0.25, -0.2) is 14.4 Å². The topological polar surface area (TPSA) is 54.9 Å². The second-order valence-electron chi connectivity index (χ2n) is 3.29. The van der Waals surface area contributed by atoms with Gasteiger partial charge in [-0.2, -0.15) is 0 Å². The van der Waals surface area contributed by atoms with E-state index in [0.29, 0.717) is 0 Å². The van der Waals surface area contributed by atoms with Gasteiger partial charge >= 0.3 is 0 Å². The molecule has 0 atom stereocenters. The van der Waals surface area contributed by atoms with Gasteiger partial charge in [0.2, 0.25) is 5.95 Å². The van der Waals surface area contributed by atoms with Crippen LogP contribution in [0.3, 0.4) is 0 Å².